The van der Waals surface area contributed by atoms with Crippen LogP contribution in [0.4, 0.5) is 5.69 Å². The fourth-order valence-electron chi connectivity index (χ4n) is 2.05. The molecule has 1 amide bonds. The van der Waals surface area contributed by atoms with Crippen molar-refractivity contribution in [2.75, 3.05) is 18.2 Å². The van der Waals surface area contributed by atoms with Crippen LogP contribution < -0.4 is 10.9 Å². The summed E-state index contributed by atoms with van der Waals surface area (Å²) in [5.74, 6) is 0.135. The lowest BCUT2D eigenvalue weighted by Crippen LogP contribution is -2.12. The third-order valence-corrected chi connectivity index (χ3v) is 4.18. The van der Waals surface area contributed by atoms with E-state index in [9.17, 15) is 14.4 Å². The SMILES string of the molecule is COC(=O)c1ccc(NC(=O)CCCSc2nc(C)cc(=O)[nH]2)cc1. The van der Waals surface area contributed by atoms with Gasteiger partial charge in [-0.25, -0.2) is 9.78 Å². The van der Waals surface area contributed by atoms with E-state index in [0.717, 1.165) is 0 Å². The van der Waals surface area contributed by atoms with Gasteiger partial charge in [0.05, 0.1) is 12.7 Å². The molecule has 25 heavy (non-hydrogen) atoms. The van der Waals surface area contributed by atoms with Gasteiger partial charge in [-0.1, -0.05) is 11.8 Å². The first-order valence-electron chi connectivity index (χ1n) is 7.67. The highest BCUT2D eigenvalue weighted by Crippen LogP contribution is 2.15. The average molecular weight is 361 g/mol. The first-order valence-corrected chi connectivity index (χ1v) is 8.65. The van der Waals surface area contributed by atoms with Gasteiger partial charge in [-0.3, -0.25) is 9.59 Å². The maximum absolute atomic E-state index is 11.9. The van der Waals surface area contributed by atoms with Crippen LogP contribution in [0.1, 0.15) is 28.9 Å². The van der Waals surface area contributed by atoms with Crippen molar-refractivity contribution in [3.8, 4) is 0 Å². The number of aromatic amines is 1. The van der Waals surface area contributed by atoms with E-state index in [2.05, 4.69) is 20.0 Å². The van der Waals surface area contributed by atoms with Crippen LogP contribution in [-0.2, 0) is 9.53 Å². The topological polar surface area (TPSA) is 101 Å². The third-order valence-electron chi connectivity index (χ3n) is 3.22. The Hall–Kier alpha value is -2.61. The summed E-state index contributed by atoms with van der Waals surface area (Å²) in [5.41, 5.74) is 1.54. The summed E-state index contributed by atoms with van der Waals surface area (Å²) in [7, 11) is 1.32. The van der Waals surface area contributed by atoms with E-state index in [1.165, 1.54) is 24.9 Å². The van der Waals surface area contributed by atoms with Gasteiger partial charge in [-0.05, 0) is 37.6 Å². The van der Waals surface area contributed by atoms with Crippen molar-refractivity contribution in [2.45, 2.75) is 24.9 Å². The zero-order valence-corrected chi connectivity index (χ0v) is 14.8. The van der Waals surface area contributed by atoms with Gasteiger partial charge in [0.2, 0.25) is 5.91 Å². The quantitative estimate of drug-likeness (QED) is 0.340. The number of hydrogen-bond donors (Lipinski definition) is 2. The Morgan fingerprint density at radius 1 is 1.28 bits per heavy atom. The molecule has 0 fully saturated rings. The monoisotopic (exact) mass is 361 g/mol. The predicted octanol–water partition coefficient (Wildman–Crippen LogP) is 2.38. The van der Waals surface area contributed by atoms with Crippen LogP contribution in [0, 0.1) is 6.92 Å². The average Bonchev–Trinajstić information content (AvgIpc) is 2.58. The number of carbonyl (C=O) groups excluding carboxylic acids is 2. The van der Waals surface area contributed by atoms with E-state index in [1.54, 1.807) is 31.2 Å². The van der Waals surface area contributed by atoms with Crippen LogP contribution in [0.5, 0.6) is 0 Å². The second-order valence-corrected chi connectivity index (χ2v) is 6.34. The molecule has 1 aromatic heterocycles. The van der Waals surface area contributed by atoms with Gasteiger partial charge in [0.1, 0.15) is 0 Å². The lowest BCUT2D eigenvalue weighted by molar-refractivity contribution is -0.116. The van der Waals surface area contributed by atoms with E-state index in [4.69, 9.17) is 0 Å². The summed E-state index contributed by atoms with van der Waals surface area (Å²) in [4.78, 5) is 41.5. The summed E-state index contributed by atoms with van der Waals surface area (Å²) in [6.45, 7) is 1.76. The number of aromatic nitrogens is 2. The van der Waals surface area contributed by atoms with Crippen LogP contribution in [0.25, 0.3) is 0 Å². The molecule has 0 atom stereocenters. The zero-order chi connectivity index (χ0) is 18.2. The van der Waals surface area contributed by atoms with Gasteiger partial charge in [-0.15, -0.1) is 0 Å². The minimum atomic E-state index is -0.419. The van der Waals surface area contributed by atoms with Gasteiger partial charge in [0.25, 0.3) is 5.56 Å². The highest BCUT2D eigenvalue weighted by molar-refractivity contribution is 7.99. The van der Waals surface area contributed by atoms with Crippen molar-refractivity contribution in [3.63, 3.8) is 0 Å². The third kappa shape index (κ3) is 6.07. The Bertz CT molecular complexity index is 802. The van der Waals surface area contributed by atoms with Crippen molar-refractivity contribution in [3.05, 3.63) is 51.9 Å². The van der Waals surface area contributed by atoms with Crippen molar-refractivity contribution in [1.82, 2.24) is 9.97 Å². The van der Waals surface area contributed by atoms with Crippen molar-refractivity contribution in [1.29, 1.82) is 0 Å². The molecule has 2 aromatic rings. The number of thioether (sulfide) groups is 1. The normalized spacial score (nSPS) is 10.3. The maximum Gasteiger partial charge on any atom is 0.337 e. The Morgan fingerprint density at radius 2 is 2.00 bits per heavy atom. The number of anilines is 1. The van der Waals surface area contributed by atoms with E-state index in [1.807, 2.05) is 0 Å². The van der Waals surface area contributed by atoms with Gasteiger partial charge in [-0.2, -0.15) is 0 Å². The van der Waals surface area contributed by atoms with Crippen molar-refractivity contribution >= 4 is 29.3 Å². The highest BCUT2D eigenvalue weighted by Gasteiger charge is 2.07. The Balaban J connectivity index is 1.75. The molecule has 0 saturated carbocycles. The number of rotatable bonds is 7. The molecule has 0 aliphatic rings. The highest BCUT2D eigenvalue weighted by atomic mass is 32.2. The second kappa shape index (κ2) is 9.03. The minimum absolute atomic E-state index is 0.114. The van der Waals surface area contributed by atoms with Crippen LogP contribution in [0.3, 0.4) is 0 Å². The summed E-state index contributed by atoms with van der Waals surface area (Å²) in [6, 6.07) is 7.93. The molecule has 1 heterocycles. The fourth-order valence-corrected chi connectivity index (χ4v) is 2.92. The molecule has 1 aromatic carbocycles. The molecular weight excluding hydrogens is 342 g/mol. The molecule has 2 rings (SSSR count). The number of nitrogens with zero attached hydrogens (tertiary/aromatic N) is 1. The minimum Gasteiger partial charge on any atom is -0.465 e. The fraction of sp³-hybridized carbons (Fsp3) is 0.294. The van der Waals surface area contributed by atoms with Crippen LogP contribution in [0.15, 0.2) is 40.3 Å². The number of amides is 1. The van der Waals surface area contributed by atoms with E-state index < -0.39 is 5.97 Å². The molecule has 0 bridgehead atoms. The maximum atomic E-state index is 11.9. The molecule has 0 saturated heterocycles. The Morgan fingerprint density at radius 3 is 2.64 bits per heavy atom. The zero-order valence-electron chi connectivity index (χ0n) is 14.0. The van der Waals surface area contributed by atoms with Crippen LogP contribution in [-0.4, -0.2) is 34.7 Å². The summed E-state index contributed by atoms with van der Waals surface area (Å²) < 4.78 is 4.62. The van der Waals surface area contributed by atoms with Crippen LogP contribution >= 0.6 is 11.8 Å². The molecule has 0 aliphatic carbocycles. The van der Waals surface area contributed by atoms with Gasteiger partial charge in [0, 0.05) is 29.6 Å². The molecular formula is C17H19N3O4S. The molecule has 132 valence electrons. The predicted molar refractivity (Wildman–Crippen MR) is 96.0 cm³/mol. The summed E-state index contributed by atoms with van der Waals surface area (Å²) in [5, 5.41) is 3.33. The molecule has 2 N–H and O–H groups in total. The number of ether oxygens (including phenoxy) is 1. The molecule has 0 radical (unpaired) electrons. The molecule has 0 spiro atoms. The van der Waals surface area contributed by atoms with Gasteiger partial charge < -0.3 is 15.0 Å². The molecule has 8 heteroatoms. The number of benzene rings is 1. The number of esters is 1. The smallest absolute Gasteiger partial charge is 0.337 e. The number of methoxy groups -OCH3 is 1. The Labute approximate surface area is 149 Å². The number of carbonyl (C=O) groups is 2. The molecule has 0 aliphatic heterocycles. The summed E-state index contributed by atoms with van der Waals surface area (Å²) in [6.07, 6.45) is 0.996. The van der Waals surface area contributed by atoms with E-state index in [-0.39, 0.29) is 11.5 Å². The lowest BCUT2D eigenvalue weighted by atomic mass is 10.2. The van der Waals surface area contributed by atoms with E-state index in [0.29, 0.717) is 40.7 Å². The van der Waals surface area contributed by atoms with Gasteiger partial charge >= 0.3 is 5.97 Å². The van der Waals surface area contributed by atoms with Crippen molar-refractivity contribution in [2.24, 2.45) is 0 Å². The summed E-state index contributed by atoms with van der Waals surface area (Å²) >= 11 is 1.41. The number of H-pyrrole nitrogens is 1. The Kier molecular flexibility index (Phi) is 6.76. The number of hydrogen-bond acceptors (Lipinski definition) is 6. The first kappa shape index (κ1) is 18.7. The van der Waals surface area contributed by atoms with E-state index >= 15 is 0 Å². The molecule has 0 unspecified atom stereocenters. The molecule has 7 nitrogen and oxygen atoms in total. The van der Waals surface area contributed by atoms with Crippen molar-refractivity contribution < 1.29 is 14.3 Å². The lowest BCUT2D eigenvalue weighted by Gasteiger charge is -2.06. The second-order valence-electron chi connectivity index (χ2n) is 5.26. The van der Waals surface area contributed by atoms with Crippen LogP contribution in [0.2, 0.25) is 0 Å². The number of aryl methyl sites for hydroxylation is 1. The largest absolute Gasteiger partial charge is 0.465 e. The first-order chi connectivity index (χ1) is 12.0. The van der Waals surface area contributed by atoms with Gasteiger partial charge in [0.15, 0.2) is 5.16 Å². The number of nitrogens with one attached hydrogen (secondary N) is 2. The standard InChI is InChI=1S/C17H19N3O4S/c1-11-10-15(22)20-17(18-11)25-9-3-4-14(21)19-13-7-5-12(6-8-13)16(23)24-2/h5-8,10H,3-4,9H2,1-2H3,(H,19,21)(H,18,20,22).